The van der Waals surface area contributed by atoms with E-state index in [0.29, 0.717) is 43.6 Å². The Morgan fingerprint density at radius 3 is 2.43 bits per heavy atom. The minimum absolute atomic E-state index is 0.0213. The molecule has 1 saturated heterocycles. The van der Waals surface area contributed by atoms with Crippen LogP contribution in [0.5, 0.6) is 0 Å². The molecule has 2 heterocycles. The zero-order valence-electron chi connectivity index (χ0n) is 20.2. The standard InChI is InChI=1S/C27H31N5O2S/c1-3-21-9-7-8-12-23(21)29-25(33)18-31-13-15-32(16-14-31)26(34)19-35-27-28-20(2)17-24(30-27)22-10-5-4-6-11-22/h4-12,17H,3,13-16,18-19H2,1-2H3,(H,29,33). The van der Waals surface area contributed by atoms with E-state index in [1.54, 1.807) is 0 Å². The minimum atomic E-state index is -0.0213. The molecule has 0 aliphatic carbocycles. The molecule has 0 unspecified atom stereocenters. The molecule has 0 radical (unpaired) electrons. The van der Waals surface area contributed by atoms with Crippen molar-refractivity contribution in [2.24, 2.45) is 0 Å². The first-order chi connectivity index (χ1) is 17.0. The molecule has 1 fully saturated rings. The molecule has 1 N–H and O–H groups in total. The van der Waals surface area contributed by atoms with Gasteiger partial charge in [-0.05, 0) is 31.0 Å². The van der Waals surface area contributed by atoms with Gasteiger partial charge in [0, 0.05) is 43.1 Å². The van der Waals surface area contributed by atoms with E-state index in [2.05, 4.69) is 27.1 Å². The summed E-state index contributed by atoms with van der Waals surface area (Å²) in [7, 11) is 0. The fourth-order valence-corrected chi connectivity index (χ4v) is 4.89. The van der Waals surface area contributed by atoms with Crippen LogP contribution in [0, 0.1) is 6.92 Å². The van der Waals surface area contributed by atoms with Crippen molar-refractivity contribution in [1.82, 2.24) is 19.8 Å². The molecule has 2 aromatic carbocycles. The number of rotatable bonds is 8. The number of thioether (sulfide) groups is 1. The first-order valence-corrected chi connectivity index (χ1v) is 12.9. The van der Waals surface area contributed by atoms with Gasteiger partial charge in [0.05, 0.1) is 18.0 Å². The number of aromatic nitrogens is 2. The number of amides is 2. The van der Waals surface area contributed by atoms with Gasteiger partial charge in [-0.3, -0.25) is 14.5 Å². The Kier molecular flexibility index (Phi) is 8.50. The smallest absolute Gasteiger partial charge is 0.238 e. The van der Waals surface area contributed by atoms with E-state index in [9.17, 15) is 9.59 Å². The second-order valence-corrected chi connectivity index (χ2v) is 9.49. The fraction of sp³-hybridized carbons (Fsp3) is 0.333. The summed E-state index contributed by atoms with van der Waals surface area (Å²) in [5.74, 6) is 0.348. The molecule has 35 heavy (non-hydrogen) atoms. The second kappa shape index (κ2) is 12.0. The van der Waals surface area contributed by atoms with Gasteiger partial charge in [-0.1, -0.05) is 67.2 Å². The molecular weight excluding hydrogens is 458 g/mol. The van der Waals surface area contributed by atoms with Gasteiger partial charge in [-0.2, -0.15) is 0 Å². The van der Waals surface area contributed by atoms with Crippen molar-refractivity contribution < 1.29 is 9.59 Å². The number of hydrogen-bond acceptors (Lipinski definition) is 6. The van der Waals surface area contributed by atoms with Crippen LogP contribution in [0.15, 0.2) is 65.8 Å². The highest BCUT2D eigenvalue weighted by atomic mass is 32.2. The Bertz CT molecular complexity index is 1160. The highest BCUT2D eigenvalue weighted by Crippen LogP contribution is 2.22. The van der Waals surface area contributed by atoms with Gasteiger partial charge in [0.1, 0.15) is 0 Å². The summed E-state index contributed by atoms with van der Waals surface area (Å²) in [6, 6.07) is 19.8. The Morgan fingerprint density at radius 2 is 1.69 bits per heavy atom. The number of benzene rings is 2. The van der Waals surface area contributed by atoms with Gasteiger partial charge in [0.15, 0.2) is 5.16 Å². The van der Waals surface area contributed by atoms with E-state index in [1.165, 1.54) is 11.8 Å². The molecule has 182 valence electrons. The molecule has 4 rings (SSSR count). The molecular formula is C27H31N5O2S. The topological polar surface area (TPSA) is 78.4 Å². The maximum absolute atomic E-state index is 12.8. The summed E-state index contributed by atoms with van der Waals surface area (Å²) in [6.07, 6.45) is 0.871. The number of carbonyl (C=O) groups excluding carboxylic acids is 2. The Labute approximate surface area is 211 Å². The number of carbonyl (C=O) groups is 2. The number of aryl methyl sites for hydroxylation is 2. The van der Waals surface area contributed by atoms with Crippen molar-refractivity contribution in [2.45, 2.75) is 25.4 Å². The average molecular weight is 490 g/mol. The third kappa shape index (κ3) is 6.90. The van der Waals surface area contributed by atoms with Crippen molar-refractivity contribution in [3.8, 4) is 11.3 Å². The zero-order valence-corrected chi connectivity index (χ0v) is 21.1. The maximum atomic E-state index is 12.8. The third-order valence-corrected chi connectivity index (χ3v) is 6.82. The predicted octanol–water partition coefficient (Wildman–Crippen LogP) is 3.89. The molecule has 0 bridgehead atoms. The van der Waals surface area contributed by atoms with Crippen LogP contribution in [0.2, 0.25) is 0 Å². The Balaban J connectivity index is 1.24. The number of nitrogens with one attached hydrogen (secondary N) is 1. The highest BCUT2D eigenvalue weighted by molar-refractivity contribution is 7.99. The molecule has 3 aromatic rings. The summed E-state index contributed by atoms with van der Waals surface area (Å²) in [5.41, 5.74) is 4.77. The van der Waals surface area contributed by atoms with Gasteiger partial charge in [0.25, 0.3) is 0 Å². The van der Waals surface area contributed by atoms with E-state index in [1.807, 2.05) is 72.5 Å². The van der Waals surface area contributed by atoms with E-state index in [0.717, 1.165) is 34.6 Å². The lowest BCUT2D eigenvalue weighted by atomic mass is 10.1. The van der Waals surface area contributed by atoms with Crippen LogP contribution in [0.25, 0.3) is 11.3 Å². The van der Waals surface area contributed by atoms with Gasteiger partial charge in [-0.15, -0.1) is 0 Å². The minimum Gasteiger partial charge on any atom is -0.339 e. The summed E-state index contributed by atoms with van der Waals surface area (Å²) < 4.78 is 0. The van der Waals surface area contributed by atoms with Gasteiger partial charge in [0.2, 0.25) is 11.8 Å². The first kappa shape index (κ1) is 24.9. The third-order valence-electron chi connectivity index (χ3n) is 5.99. The van der Waals surface area contributed by atoms with Crippen LogP contribution in [0.1, 0.15) is 18.2 Å². The maximum Gasteiger partial charge on any atom is 0.238 e. The predicted molar refractivity (Wildman–Crippen MR) is 140 cm³/mol. The Morgan fingerprint density at radius 1 is 0.971 bits per heavy atom. The number of nitrogens with zero attached hydrogens (tertiary/aromatic N) is 4. The van der Waals surface area contributed by atoms with Gasteiger partial charge >= 0.3 is 0 Å². The molecule has 1 aliphatic rings. The van der Waals surface area contributed by atoms with Crippen LogP contribution in [0.3, 0.4) is 0 Å². The zero-order chi connectivity index (χ0) is 24.6. The highest BCUT2D eigenvalue weighted by Gasteiger charge is 2.23. The van der Waals surface area contributed by atoms with Crippen LogP contribution < -0.4 is 5.32 Å². The summed E-state index contributed by atoms with van der Waals surface area (Å²) >= 11 is 1.37. The lowest BCUT2D eigenvalue weighted by Gasteiger charge is -2.34. The summed E-state index contributed by atoms with van der Waals surface area (Å²) in [5, 5.41) is 3.63. The van der Waals surface area contributed by atoms with E-state index < -0.39 is 0 Å². The average Bonchev–Trinajstić information content (AvgIpc) is 2.88. The lowest BCUT2D eigenvalue weighted by Crippen LogP contribution is -2.50. The summed E-state index contributed by atoms with van der Waals surface area (Å²) in [4.78, 5) is 38.4. The molecule has 0 atom stereocenters. The van der Waals surface area contributed by atoms with Crippen LogP contribution in [-0.4, -0.2) is 70.1 Å². The number of anilines is 1. The van der Waals surface area contributed by atoms with E-state index in [4.69, 9.17) is 0 Å². The molecule has 8 heteroatoms. The van der Waals surface area contributed by atoms with Crippen LogP contribution in [0.4, 0.5) is 5.69 Å². The number of piperazine rings is 1. The van der Waals surface area contributed by atoms with E-state index in [-0.39, 0.29) is 11.8 Å². The van der Waals surface area contributed by atoms with Crippen molar-refractivity contribution in [2.75, 3.05) is 43.8 Å². The van der Waals surface area contributed by atoms with Gasteiger partial charge < -0.3 is 10.2 Å². The van der Waals surface area contributed by atoms with Crippen molar-refractivity contribution in [1.29, 1.82) is 0 Å². The molecule has 1 aliphatic heterocycles. The summed E-state index contributed by atoms with van der Waals surface area (Å²) in [6.45, 7) is 6.93. The van der Waals surface area contributed by atoms with E-state index >= 15 is 0 Å². The van der Waals surface area contributed by atoms with Crippen molar-refractivity contribution >= 4 is 29.3 Å². The normalized spacial score (nSPS) is 14.1. The molecule has 0 saturated carbocycles. The lowest BCUT2D eigenvalue weighted by molar-refractivity contribution is -0.130. The molecule has 0 spiro atoms. The van der Waals surface area contributed by atoms with Crippen LogP contribution >= 0.6 is 11.8 Å². The van der Waals surface area contributed by atoms with Gasteiger partial charge in [-0.25, -0.2) is 9.97 Å². The number of hydrogen-bond donors (Lipinski definition) is 1. The van der Waals surface area contributed by atoms with Crippen molar-refractivity contribution in [3.05, 3.63) is 71.9 Å². The number of para-hydroxylation sites is 1. The second-order valence-electron chi connectivity index (χ2n) is 8.55. The molecule has 7 nitrogen and oxygen atoms in total. The quantitative estimate of drug-likeness (QED) is 0.382. The largest absolute Gasteiger partial charge is 0.339 e. The monoisotopic (exact) mass is 489 g/mol. The SMILES string of the molecule is CCc1ccccc1NC(=O)CN1CCN(C(=O)CSc2nc(C)cc(-c3ccccc3)n2)CC1. The first-order valence-electron chi connectivity index (χ1n) is 11.9. The van der Waals surface area contributed by atoms with Crippen LogP contribution in [-0.2, 0) is 16.0 Å². The molecule has 1 aromatic heterocycles. The molecule has 2 amide bonds. The fourth-order valence-electron chi connectivity index (χ4n) is 4.08. The Hall–Kier alpha value is -3.23. The van der Waals surface area contributed by atoms with Crippen molar-refractivity contribution in [3.63, 3.8) is 0 Å².